The molecule has 0 saturated heterocycles. The van der Waals surface area contributed by atoms with E-state index in [1.54, 1.807) is 24.3 Å². The maximum absolute atomic E-state index is 12.0. The minimum Gasteiger partial charge on any atom is -0.497 e. The summed E-state index contributed by atoms with van der Waals surface area (Å²) in [5.74, 6) is 0.253. The predicted octanol–water partition coefficient (Wildman–Crippen LogP) is 3.52. The molecule has 110 valence electrons. The van der Waals surface area contributed by atoms with Gasteiger partial charge < -0.3 is 14.2 Å². The molecule has 0 bridgehead atoms. The highest BCUT2D eigenvalue weighted by Crippen LogP contribution is 2.21. The molecule has 0 saturated carbocycles. The molecule has 0 aliphatic carbocycles. The van der Waals surface area contributed by atoms with Gasteiger partial charge in [-0.2, -0.15) is 8.78 Å². The number of carbonyl (C=O) groups excluding carboxylic acids is 1. The Morgan fingerprint density at radius 3 is 2.29 bits per heavy atom. The minimum absolute atomic E-state index is 0.0251. The highest BCUT2D eigenvalue weighted by atomic mass is 19.3. The Morgan fingerprint density at radius 2 is 1.67 bits per heavy atom. The zero-order valence-electron chi connectivity index (χ0n) is 11.1. The van der Waals surface area contributed by atoms with Gasteiger partial charge in [0.05, 0.1) is 12.7 Å². The molecule has 2 aromatic rings. The van der Waals surface area contributed by atoms with Crippen LogP contribution in [0.2, 0.25) is 0 Å². The van der Waals surface area contributed by atoms with E-state index in [1.807, 2.05) is 0 Å². The fourth-order valence-electron chi connectivity index (χ4n) is 1.60. The summed E-state index contributed by atoms with van der Waals surface area (Å²) < 4.78 is 38.4. The molecule has 4 nitrogen and oxygen atoms in total. The van der Waals surface area contributed by atoms with Gasteiger partial charge in [-0.1, -0.05) is 6.07 Å². The minimum atomic E-state index is -2.90. The van der Waals surface area contributed by atoms with Gasteiger partial charge in [0.15, 0.2) is 0 Å². The van der Waals surface area contributed by atoms with E-state index in [1.165, 1.54) is 31.4 Å². The highest BCUT2D eigenvalue weighted by molar-refractivity contribution is 5.91. The van der Waals surface area contributed by atoms with Gasteiger partial charge in [0.1, 0.15) is 17.2 Å². The lowest BCUT2D eigenvalue weighted by Crippen LogP contribution is -2.08. The molecule has 0 N–H and O–H groups in total. The summed E-state index contributed by atoms with van der Waals surface area (Å²) in [7, 11) is 1.50. The summed E-state index contributed by atoms with van der Waals surface area (Å²) in [6.07, 6.45) is 0. The second-order valence-electron chi connectivity index (χ2n) is 3.97. The van der Waals surface area contributed by atoms with Crippen LogP contribution in [0.15, 0.2) is 48.5 Å². The van der Waals surface area contributed by atoms with Gasteiger partial charge in [-0.3, -0.25) is 0 Å². The molecule has 2 rings (SSSR count). The van der Waals surface area contributed by atoms with E-state index in [2.05, 4.69) is 4.74 Å². The summed E-state index contributed by atoms with van der Waals surface area (Å²) in [6.45, 7) is -2.90. The van der Waals surface area contributed by atoms with Crippen molar-refractivity contribution in [2.75, 3.05) is 7.11 Å². The van der Waals surface area contributed by atoms with Crippen molar-refractivity contribution in [2.24, 2.45) is 0 Å². The number of ether oxygens (including phenoxy) is 3. The zero-order chi connectivity index (χ0) is 15.2. The molecule has 0 amide bonds. The first-order valence-electron chi connectivity index (χ1n) is 5.99. The fourth-order valence-corrected chi connectivity index (χ4v) is 1.60. The molecule has 21 heavy (non-hydrogen) atoms. The van der Waals surface area contributed by atoms with E-state index >= 15 is 0 Å². The fraction of sp³-hybridized carbons (Fsp3) is 0.133. The summed E-state index contributed by atoms with van der Waals surface area (Å²) >= 11 is 0. The molecule has 0 unspecified atom stereocenters. The molecule has 0 aliphatic heterocycles. The number of rotatable bonds is 5. The molecule has 0 spiro atoms. The van der Waals surface area contributed by atoms with Crippen LogP contribution in [0.3, 0.4) is 0 Å². The van der Waals surface area contributed by atoms with E-state index < -0.39 is 12.6 Å². The van der Waals surface area contributed by atoms with Crippen LogP contribution in [0.25, 0.3) is 0 Å². The third kappa shape index (κ3) is 4.17. The first-order valence-corrected chi connectivity index (χ1v) is 5.99. The molecule has 0 aliphatic rings. The van der Waals surface area contributed by atoms with Crippen molar-refractivity contribution in [3.05, 3.63) is 54.1 Å². The number of hydrogen-bond acceptors (Lipinski definition) is 4. The monoisotopic (exact) mass is 294 g/mol. The summed E-state index contributed by atoms with van der Waals surface area (Å²) in [6, 6.07) is 11.8. The average molecular weight is 294 g/mol. The second kappa shape index (κ2) is 6.69. The lowest BCUT2D eigenvalue weighted by molar-refractivity contribution is -0.0498. The lowest BCUT2D eigenvalue weighted by atomic mass is 10.2. The molecule has 0 fully saturated rings. The van der Waals surface area contributed by atoms with Crippen molar-refractivity contribution in [2.45, 2.75) is 6.61 Å². The van der Waals surface area contributed by atoms with Crippen molar-refractivity contribution in [1.29, 1.82) is 0 Å². The average Bonchev–Trinajstić information content (AvgIpc) is 2.47. The van der Waals surface area contributed by atoms with E-state index in [9.17, 15) is 13.6 Å². The van der Waals surface area contributed by atoms with Crippen LogP contribution in [0.5, 0.6) is 17.2 Å². The maximum Gasteiger partial charge on any atom is 0.387 e. The van der Waals surface area contributed by atoms with Crippen LogP contribution >= 0.6 is 0 Å². The number of alkyl halides is 2. The number of hydrogen-bond donors (Lipinski definition) is 0. The van der Waals surface area contributed by atoms with E-state index in [4.69, 9.17) is 9.47 Å². The Hall–Kier alpha value is -2.63. The lowest BCUT2D eigenvalue weighted by Gasteiger charge is -2.07. The number of halogens is 2. The molecule has 6 heteroatoms. The molecule has 2 aromatic carbocycles. The van der Waals surface area contributed by atoms with Gasteiger partial charge in [0.2, 0.25) is 0 Å². The van der Waals surface area contributed by atoms with E-state index in [0.29, 0.717) is 11.5 Å². The SMILES string of the molecule is COc1cccc(OC(=O)c2ccc(OC(F)F)cc2)c1. The van der Waals surface area contributed by atoms with E-state index in [-0.39, 0.29) is 11.3 Å². The van der Waals surface area contributed by atoms with Crippen LogP contribution < -0.4 is 14.2 Å². The number of methoxy groups -OCH3 is 1. The van der Waals surface area contributed by atoms with Crippen molar-refractivity contribution >= 4 is 5.97 Å². The van der Waals surface area contributed by atoms with Crippen molar-refractivity contribution in [3.63, 3.8) is 0 Å². The molecule has 0 atom stereocenters. The van der Waals surface area contributed by atoms with Crippen molar-refractivity contribution in [1.82, 2.24) is 0 Å². The Balaban J connectivity index is 2.05. The first-order chi connectivity index (χ1) is 10.1. The van der Waals surface area contributed by atoms with Gasteiger partial charge in [-0.05, 0) is 36.4 Å². The second-order valence-corrected chi connectivity index (χ2v) is 3.97. The third-order valence-corrected chi connectivity index (χ3v) is 2.57. The Bertz CT molecular complexity index is 611. The van der Waals surface area contributed by atoms with Crippen LogP contribution in [0.1, 0.15) is 10.4 Å². The topological polar surface area (TPSA) is 44.8 Å². The van der Waals surface area contributed by atoms with Gasteiger partial charge >= 0.3 is 12.6 Å². The van der Waals surface area contributed by atoms with Gasteiger partial charge in [-0.15, -0.1) is 0 Å². The quantitative estimate of drug-likeness (QED) is 0.625. The first kappa shape index (κ1) is 14.8. The number of carbonyl (C=O) groups is 1. The smallest absolute Gasteiger partial charge is 0.387 e. The number of esters is 1. The standard InChI is InChI=1S/C15H12F2O4/c1-19-12-3-2-4-13(9-12)20-14(18)10-5-7-11(8-6-10)21-15(16)17/h2-9,15H,1H3. The normalized spacial score (nSPS) is 10.3. The van der Waals surface area contributed by atoms with Crippen LogP contribution in [0.4, 0.5) is 8.78 Å². The van der Waals surface area contributed by atoms with Gasteiger partial charge in [0.25, 0.3) is 0 Å². The Morgan fingerprint density at radius 1 is 1.00 bits per heavy atom. The predicted molar refractivity (Wildman–Crippen MR) is 71.0 cm³/mol. The molecular formula is C15H12F2O4. The molecule has 0 aromatic heterocycles. The molecular weight excluding hydrogens is 282 g/mol. The number of benzene rings is 2. The van der Waals surface area contributed by atoms with Crippen molar-refractivity contribution in [3.8, 4) is 17.2 Å². The van der Waals surface area contributed by atoms with Crippen LogP contribution in [0, 0.1) is 0 Å². The van der Waals surface area contributed by atoms with Crippen molar-refractivity contribution < 1.29 is 27.8 Å². The largest absolute Gasteiger partial charge is 0.497 e. The van der Waals surface area contributed by atoms with Crippen LogP contribution in [-0.4, -0.2) is 19.7 Å². The van der Waals surface area contributed by atoms with E-state index in [0.717, 1.165) is 0 Å². The van der Waals surface area contributed by atoms with Gasteiger partial charge in [0, 0.05) is 6.07 Å². The highest BCUT2D eigenvalue weighted by Gasteiger charge is 2.10. The van der Waals surface area contributed by atoms with Crippen LogP contribution in [-0.2, 0) is 0 Å². The third-order valence-electron chi connectivity index (χ3n) is 2.57. The summed E-state index contributed by atoms with van der Waals surface area (Å²) in [5.41, 5.74) is 0.222. The maximum atomic E-state index is 12.0. The Kier molecular flexibility index (Phi) is 4.71. The molecule has 0 radical (unpaired) electrons. The summed E-state index contributed by atoms with van der Waals surface area (Å²) in [4.78, 5) is 11.9. The summed E-state index contributed by atoms with van der Waals surface area (Å²) in [5, 5.41) is 0. The Labute approximate surface area is 119 Å². The van der Waals surface area contributed by atoms with Gasteiger partial charge in [-0.25, -0.2) is 4.79 Å². The molecule has 0 heterocycles. The zero-order valence-corrected chi connectivity index (χ0v) is 11.1.